The maximum absolute atomic E-state index is 13.6. The Morgan fingerprint density at radius 1 is 0.938 bits per heavy atom. The molecule has 0 spiro atoms. The fourth-order valence-corrected chi connectivity index (χ4v) is 3.71. The lowest BCUT2D eigenvalue weighted by Crippen LogP contribution is -2.23. The number of hydrogen-bond acceptors (Lipinski definition) is 4. The van der Waals surface area contributed by atoms with Crippen molar-refractivity contribution < 1.29 is 4.39 Å². The second kappa shape index (κ2) is 8.19. The summed E-state index contributed by atoms with van der Waals surface area (Å²) in [4.78, 5) is 16.9. The van der Waals surface area contributed by atoms with Crippen molar-refractivity contribution in [3.05, 3.63) is 101 Å². The summed E-state index contributed by atoms with van der Waals surface area (Å²) >= 11 is 0. The van der Waals surface area contributed by atoms with Gasteiger partial charge in [-0.2, -0.15) is 10.2 Å². The molecule has 0 aliphatic rings. The topological polar surface area (TPSA) is 65.6 Å². The third-order valence-electron chi connectivity index (χ3n) is 5.38. The third kappa shape index (κ3) is 4.05. The summed E-state index contributed by atoms with van der Waals surface area (Å²) in [6.45, 7) is 0.420. The Labute approximate surface area is 183 Å². The van der Waals surface area contributed by atoms with Crippen LogP contribution >= 0.6 is 0 Å². The molecule has 158 valence electrons. The zero-order valence-corrected chi connectivity index (χ0v) is 17.4. The maximum atomic E-state index is 13.6. The number of pyridine rings is 1. The molecule has 5 rings (SSSR count). The van der Waals surface area contributed by atoms with Gasteiger partial charge >= 0.3 is 0 Å². The van der Waals surface area contributed by atoms with Crippen LogP contribution < -0.4 is 5.56 Å². The Balaban J connectivity index is 1.40. The molecule has 7 heteroatoms. The Hall–Kier alpha value is -4.13. The van der Waals surface area contributed by atoms with Crippen molar-refractivity contribution in [3.63, 3.8) is 0 Å². The predicted molar refractivity (Wildman–Crippen MR) is 122 cm³/mol. The number of hydrogen-bond donors (Lipinski definition) is 0. The molecular formula is C25H20FN5O. The number of halogens is 1. The molecule has 5 aromatic rings. The molecule has 0 fully saturated rings. The van der Waals surface area contributed by atoms with E-state index >= 15 is 0 Å². The summed E-state index contributed by atoms with van der Waals surface area (Å²) in [5.41, 5.74) is 5.01. The van der Waals surface area contributed by atoms with Crippen LogP contribution in [0.25, 0.3) is 33.3 Å². The fraction of sp³-hybridized carbons (Fsp3) is 0.120. The lowest BCUT2D eigenvalue weighted by Gasteiger charge is -2.09. The van der Waals surface area contributed by atoms with Crippen molar-refractivity contribution in [3.8, 4) is 22.4 Å². The van der Waals surface area contributed by atoms with E-state index in [1.54, 1.807) is 22.9 Å². The van der Waals surface area contributed by atoms with Gasteiger partial charge in [-0.1, -0.05) is 18.2 Å². The van der Waals surface area contributed by atoms with Crippen molar-refractivity contribution in [2.75, 3.05) is 0 Å². The van der Waals surface area contributed by atoms with Gasteiger partial charge in [0.1, 0.15) is 5.82 Å². The molecule has 2 aromatic carbocycles. The zero-order chi connectivity index (χ0) is 22.1. The average Bonchev–Trinajstić information content (AvgIpc) is 3.24. The molecule has 3 aromatic heterocycles. The lowest BCUT2D eigenvalue weighted by molar-refractivity contribution is 0.580. The van der Waals surface area contributed by atoms with Crippen LogP contribution in [-0.4, -0.2) is 24.5 Å². The van der Waals surface area contributed by atoms with Crippen LogP contribution in [-0.2, 0) is 20.0 Å². The maximum Gasteiger partial charge on any atom is 0.266 e. The van der Waals surface area contributed by atoms with E-state index in [9.17, 15) is 9.18 Å². The smallest absolute Gasteiger partial charge is 0.266 e. The van der Waals surface area contributed by atoms with E-state index in [2.05, 4.69) is 27.3 Å². The largest absolute Gasteiger partial charge is 0.275 e. The molecule has 0 radical (unpaired) electrons. The van der Waals surface area contributed by atoms with Gasteiger partial charge in [-0.15, -0.1) is 0 Å². The highest BCUT2D eigenvalue weighted by Gasteiger charge is 2.07. The molecule has 32 heavy (non-hydrogen) atoms. The van der Waals surface area contributed by atoms with E-state index in [0.29, 0.717) is 24.2 Å². The molecule has 0 saturated carbocycles. The van der Waals surface area contributed by atoms with Crippen LogP contribution in [0, 0.1) is 5.82 Å². The van der Waals surface area contributed by atoms with E-state index in [1.807, 2.05) is 37.8 Å². The van der Waals surface area contributed by atoms with E-state index in [0.717, 1.165) is 27.6 Å². The van der Waals surface area contributed by atoms with Crippen LogP contribution in [0.5, 0.6) is 0 Å². The predicted octanol–water partition coefficient (Wildman–Crippen LogP) is 4.24. The van der Waals surface area contributed by atoms with Gasteiger partial charge in [0, 0.05) is 54.1 Å². The summed E-state index contributed by atoms with van der Waals surface area (Å²) in [5, 5.41) is 9.68. The molecule has 0 N–H and O–H groups in total. The second-order valence-electron chi connectivity index (χ2n) is 7.69. The quantitative estimate of drug-likeness (QED) is 0.422. The minimum absolute atomic E-state index is 0.188. The first-order chi connectivity index (χ1) is 15.5. The molecule has 0 unspecified atom stereocenters. The van der Waals surface area contributed by atoms with Crippen molar-refractivity contribution in [1.82, 2.24) is 24.5 Å². The van der Waals surface area contributed by atoms with Gasteiger partial charge < -0.3 is 0 Å². The van der Waals surface area contributed by atoms with Crippen LogP contribution in [0.4, 0.5) is 4.39 Å². The summed E-state index contributed by atoms with van der Waals surface area (Å²) < 4.78 is 16.7. The number of rotatable bonds is 5. The first kappa shape index (κ1) is 19.8. The molecular weight excluding hydrogens is 405 g/mol. The van der Waals surface area contributed by atoms with Crippen molar-refractivity contribution >= 4 is 10.9 Å². The monoisotopic (exact) mass is 425 g/mol. The number of aryl methyl sites for hydroxylation is 3. The van der Waals surface area contributed by atoms with Gasteiger partial charge in [0.2, 0.25) is 0 Å². The van der Waals surface area contributed by atoms with Gasteiger partial charge in [-0.25, -0.2) is 9.07 Å². The van der Waals surface area contributed by atoms with Gasteiger partial charge in [-0.3, -0.25) is 14.5 Å². The summed E-state index contributed by atoms with van der Waals surface area (Å²) in [6, 6.07) is 17.5. The SMILES string of the molecule is Cn1cc(-c2cnc3ccc(CCn4nc(-c5cccc(F)c5)ccc4=O)cc3c2)cn1. The molecule has 0 aliphatic carbocycles. The number of nitrogens with zero attached hydrogens (tertiary/aromatic N) is 5. The van der Waals surface area contributed by atoms with E-state index < -0.39 is 0 Å². The minimum atomic E-state index is -0.336. The van der Waals surface area contributed by atoms with Gasteiger partial charge in [0.15, 0.2) is 0 Å². The second-order valence-corrected chi connectivity index (χ2v) is 7.69. The molecule has 0 saturated heterocycles. The Morgan fingerprint density at radius 2 is 1.84 bits per heavy atom. The van der Waals surface area contributed by atoms with Gasteiger partial charge in [-0.05, 0) is 48.4 Å². The zero-order valence-electron chi connectivity index (χ0n) is 17.4. The Morgan fingerprint density at radius 3 is 2.66 bits per heavy atom. The van der Waals surface area contributed by atoms with Crippen molar-refractivity contribution in [2.24, 2.45) is 7.05 Å². The van der Waals surface area contributed by atoms with Crippen molar-refractivity contribution in [1.29, 1.82) is 0 Å². The Bertz CT molecular complexity index is 1490. The normalized spacial score (nSPS) is 11.2. The van der Waals surface area contributed by atoms with Crippen LogP contribution in [0.2, 0.25) is 0 Å². The standard InChI is InChI=1S/C25H20FN5O/c1-30-16-21(15-28-30)20-12-19-11-17(5-6-23(19)27-14-20)9-10-31-25(32)8-7-24(29-31)18-3-2-4-22(26)13-18/h2-8,11-16H,9-10H2,1H3. The van der Waals surface area contributed by atoms with Crippen LogP contribution in [0.15, 0.2) is 84.0 Å². The highest BCUT2D eigenvalue weighted by atomic mass is 19.1. The van der Waals surface area contributed by atoms with E-state index in [4.69, 9.17) is 0 Å². The van der Waals surface area contributed by atoms with Crippen LogP contribution in [0.1, 0.15) is 5.56 Å². The molecule has 0 amide bonds. The van der Waals surface area contributed by atoms with Crippen LogP contribution in [0.3, 0.4) is 0 Å². The molecule has 3 heterocycles. The lowest BCUT2D eigenvalue weighted by atomic mass is 10.1. The first-order valence-corrected chi connectivity index (χ1v) is 10.3. The van der Waals surface area contributed by atoms with Gasteiger partial charge in [0.25, 0.3) is 5.56 Å². The average molecular weight is 425 g/mol. The highest BCUT2D eigenvalue weighted by molar-refractivity contribution is 5.83. The number of fused-ring (bicyclic) bond motifs is 1. The summed E-state index contributed by atoms with van der Waals surface area (Å²) in [6.07, 6.45) is 6.25. The van der Waals surface area contributed by atoms with E-state index in [-0.39, 0.29) is 11.4 Å². The van der Waals surface area contributed by atoms with E-state index in [1.165, 1.54) is 22.9 Å². The molecule has 0 aliphatic heterocycles. The summed E-state index contributed by atoms with van der Waals surface area (Å²) in [5.74, 6) is -0.336. The first-order valence-electron chi connectivity index (χ1n) is 10.3. The van der Waals surface area contributed by atoms with Crippen molar-refractivity contribution in [2.45, 2.75) is 13.0 Å². The molecule has 0 bridgehead atoms. The minimum Gasteiger partial charge on any atom is -0.275 e. The number of aromatic nitrogens is 5. The highest BCUT2D eigenvalue weighted by Crippen LogP contribution is 2.23. The molecule has 6 nitrogen and oxygen atoms in total. The fourth-order valence-electron chi connectivity index (χ4n) is 3.71. The third-order valence-corrected chi connectivity index (χ3v) is 5.38. The summed E-state index contributed by atoms with van der Waals surface area (Å²) in [7, 11) is 1.88. The molecule has 0 atom stereocenters. The van der Waals surface area contributed by atoms with Gasteiger partial charge in [0.05, 0.1) is 17.4 Å². The Kier molecular flexibility index (Phi) is 5.07. The number of benzene rings is 2.